The first kappa shape index (κ1) is 10.1. The molecule has 1 aromatic carbocycles. The van der Waals surface area contributed by atoms with Crippen molar-refractivity contribution < 1.29 is 0 Å². The van der Waals surface area contributed by atoms with Gasteiger partial charge in [0.2, 0.25) is 0 Å². The Labute approximate surface area is 92.7 Å². The van der Waals surface area contributed by atoms with Gasteiger partial charge in [0.15, 0.2) is 0 Å². The second-order valence-corrected chi connectivity index (χ2v) is 3.73. The molecule has 0 unspecified atom stereocenters. The molecule has 0 spiro atoms. The largest absolute Gasteiger partial charge is 0.325 e. The zero-order valence-corrected chi connectivity index (χ0v) is 9.07. The molecule has 0 amide bonds. The second kappa shape index (κ2) is 4.00. The molecule has 15 heavy (non-hydrogen) atoms. The molecule has 0 bridgehead atoms. The number of nitrogens with two attached hydrogens (primary N) is 1. The molecule has 0 radical (unpaired) electrons. The Kier molecular flexibility index (Phi) is 2.70. The summed E-state index contributed by atoms with van der Waals surface area (Å²) < 4.78 is 1.70. The van der Waals surface area contributed by atoms with Gasteiger partial charge in [0.1, 0.15) is 0 Å². The molecule has 0 aliphatic carbocycles. The number of benzene rings is 1. The van der Waals surface area contributed by atoms with E-state index in [0.717, 1.165) is 22.0 Å². The molecule has 0 fully saturated rings. The summed E-state index contributed by atoms with van der Waals surface area (Å²) in [6.45, 7) is 2.37. The number of aryl methyl sites for hydroxylation is 1. The third kappa shape index (κ3) is 2.00. The maximum Gasteiger partial charge on any atom is 0.0967 e. The van der Waals surface area contributed by atoms with Crippen molar-refractivity contribution >= 4 is 11.6 Å². The van der Waals surface area contributed by atoms with Crippen LogP contribution in [0.4, 0.5) is 0 Å². The Balaban J connectivity index is 2.44. The third-order valence-corrected chi connectivity index (χ3v) is 2.39. The van der Waals surface area contributed by atoms with Crippen LogP contribution in [-0.4, -0.2) is 15.0 Å². The van der Waals surface area contributed by atoms with Crippen LogP contribution >= 0.6 is 11.6 Å². The lowest BCUT2D eigenvalue weighted by molar-refractivity contribution is 0.792. The van der Waals surface area contributed by atoms with Crippen LogP contribution in [0.5, 0.6) is 0 Å². The summed E-state index contributed by atoms with van der Waals surface area (Å²) in [5, 5.41) is 8.64. The van der Waals surface area contributed by atoms with Gasteiger partial charge in [-0.1, -0.05) is 16.8 Å². The van der Waals surface area contributed by atoms with Crippen LogP contribution in [0.1, 0.15) is 11.3 Å². The van der Waals surface area contributed by atoms with Crippen molar-refractivity contribution in [2.45, 2.75) is 13.5 Å². The molecule has 2 rings (SSSR count). The van der Waals surface area contributed by atoms with Crippen LogP contribution in [0.15, 0.2) is 24.4 Å². The first-order valence-corrected chi connectivity index (χ1v) is 4.96. The van der Waals surface area contributed by atoms with Gasteiger partial charge in [0.05, 0.1) is 17.6 Å². The van der Waals surface area contributed by atoms with Gasteiger partial charge in [-0.05, 0) is 30.7 Å². The molecule has 2 aromatic rings. The molecule has 0 saturated heterocycles. The highest BCUT2D eigenvalue weighted by Gasteiger charge is 2.04. The molecule has 0 aliphatic rings. The van der Waals surface area contributed by atoms with E-state index in [9.17, 15) is 0 Å². The fourth-order valence-electron chi connectivity index (χ4n) is 1.39. The minimum atomic E-state index is 0.395. The smallest absolute Gasteiger partial charge is 0.0967 e. The number of hydrogen-bond acceptors (Lipinski definition) is 3. The van der Waals surface area contributed by atoms with Crippen molar-refractivity contribution in [2.75, 3.05) is 0 Å². The standard InChI is InChI=1S/C10H11ClN4/c1-7-4-8(11)2-3-10(7)15-6-9(5-12)13-14-15/h2-4,6H,5,12H2,1H3. The number of hydrogen-bond donors (Lipinski definition) is 1. The van der Waals surface area contributed by atoms with Gasteiger partial charge in [0, 0.05) is 11.6 Å². The van der Waals surface area contributed by atoms with E-state index in [0.29, 0.717) is 6.54 Å². The zero-order chi connectivity index (χ0) is 10.8. The summed E-state index contributed by atoms with van der Waals surface area (Å²) in [6, 6.07) is 5.63. The molecule has 0 atom stereocenters. The molecule has 2 N–H and O–H groups in total. The number of rotatable bonds is 2. The quantitative estimate of drug-likeness (QED) is 0.841. The maximum atomic E-state index is 5.87. The van der Waals surface area contributed by atoms with Crippen LogP contribution < -0.4 is 5.73 Å². The third-order valence-electron chi connectivity index (χ3n) is 2.16. The van der Waals surface area contributed by atoms with Crippen molar-refractivity contribution in [2.24, 2.45) is 5.73 Å². The van der Waals surface area contributed by atoms with Gasteiger partial charge >= 0.3 is 0 Å². The number of aromatic nitrogens is 3. The highest BCUT2D eigenvalue weighted by molar-refractivity contribution is 6.30. The van der Waals surface area contributed by atoms with E-state index in [4.69, 9.17) is 17.3 Å². The van der Waals surface area contributed by atoms with Crippen LogP contribution in [0.25, 0.3) is 5.69 Å². The molecule has 5 heteroatoms. The van der Waals surface area contributed by atoms with Gasteiger partial charge in [-0.25, -0.2) is 4.68 Å². The zero-order valence-electron chi connectivity index (χ0n) is 8.31. The first-order chi connectivity index (χ1) is 7.20. The number of halogens is 1. The fraction of sp³-hybridized carbons (Fsp3) is 0.200. The van der Waals surface area contributed by atoms with Gasteiger partial charge in [-0.3, -0.25) is 0 Å². The Morgan fingerprint density at radius 3 is 2.87 bits per heavy atom. The summed E-state index contributed by atoms with van der Waals surface area (Å²) in [6.07, 6.45) is 1.82. The van der Waals surface area contributed by atoms with Gasteiger partial charge in [-0.2, -0.15) is 0 Å². The predicted octanol–water partition coefficient (Wildman–Crippen LogP) is 1.69. The van der Waals surface area contributed by atoms with Gasteiger partial charge in [-0.15, -0.1) is 5.10 Å². The lowest BCUT2D eigenvalue weighted by Crippen LogP contribution is -1.97. The van der Waals surface area contributed by atoms with E-state index in [-0.39, 0.29) is 0 Å². The van der Waals surface area contributed by atoms with Crippen molar-refractivity contribution in [1.29, 1.82) is 0 Å². The highest BCUT2D eigenvalue weighted by Crippen LogP contribution is 2.18. The van der Waals surface area contributed by atoms with Crippen LogP contribution in [0.3, 0.4) is 0 Å². The van der Waals surface area contributed by atoms with E-state index in [1.54, 1.807) is 4.68 Å². The summed E-state index contributed by atoms with van der Waals surface area (Å²) in [5.41, 5.74) is 8.25. The molecule has 0 aliphatic heterocycles. The van der Waals surface area contributed by atoms with Crippen LogP contribution in [-0.2, 0) is 6.54 Å². The Hall–Kier alpha value is -1.39. The lowest BCUT2D eigenvalue weighted by Gasteiger charge is -2.04. The molecule has 4 nitrogen and oxygen atoms in total. The van der Waals surface area contributed by atoms with E-state index in [1.807, 2.05) is 31.3 Å². The highest BCUT2D eigenvalue weighted by atomic mass is 35.5. The SMILES string of the molecule is Cc1cc(Cl)ccc1-n1cc(CN)nn1. The second-order valence-electron chi connectivity index (χ2n) is 3.29. The van der Waals surface area contributed by atoms with E-state index >= 15 is 0 Å². The first-order valence-electron chi connectivity index (χ1n) is 4.58. The Morgan fingerprint density at radius 2 is 2.27 bits per heavy atom. The van der Waals surface area contributed by atoms with Crippen molar-refractivity contribution in [3.63, 3.8) is 0 Å². The minimum Gasteiger partial charge on any atom is -0.325 e. The van der Waals surface area contributed by atoms with Gasteiger partial charge < -0.3 is 5.73 Å². The Bertz CT molecular complexity index is 478. The number of nitrogens with zero attached hydrogens (tertiary/aromatic N) is 3. The van der Waals surface area contributed by atoms with Crippen molar-refractivity contribution in [3.8, 4) is 5.69 Å². The van der Waals surface area contributed by atoms with E-state index < -0.39 is 0 Å². The minimum absolute atomic E-state index is 0.395. The van der Waals surface area contributed by atoms with E-state index in [1.165, 1.54) is 0 Å². The topological polar surface area (TPSA) is 56.7 Å². The van der Waals surface area contributed by atoms with E-state index in [2.05, 4.69) is 10.3 Å². The molecule has 1 heterocycles. The maximum absolute atomic E-state index is 5.87. The molecular formula is C10H11ClN4. The summed E-state index contributed by atoms with van der Waals surface area (Å²) in [4.78, 5) is 0. The lowest BCUT2D eigenvalue weighted by atomic mass is 10.2. The van der Waals surface area contributed by atoms with Crippen LogP contribution in [0, 0.1) is 6.92 Å². The fourth-order valence-corrected chi connectivity index (χ4v) is 1.61. The van der Waals surface area contributed by atoms with Crippen LogP contribution in [0.2, 0.25) is 5.02 Å². The molecule has 0 saturated carbocycles. The predicted molar refractivity (Wildman–Crippen MR) is 59.0 cm³/mol. The molecule has 1 aromatic heterocycles. The Morgan fingerprint density at radius 1 is 1.47 bits per heavy atom. The summed E-state index contributed by atoms with van der Waals surface area (Å²) in [5.74, 6) is 0. The summed E-state index contributed by atoms with van der Waals surface area (Å²) in [7, 11) is 0. The van der Waals surface area contributed by atoms with Crippen molar-refractivity contribution in [3.05, 3.63) is 40.7 Å². The molecular weight excluding hydrogens is 212 g/mol. The van der Waals surface area contributed by atoms with Crippen molar-refractivity contribution in [1.82, 2.24) is 15.0 Å². The monoisotopic (exact) mass is 222 g/mol. The summed E-state index contributed by atoms with van der Waals surface area (Å²) >= 11 is 5.87. The molecule has 78 valence electrons. The average molecular weight is 223 g/mol. The normalized spacial score (nSPS) is 10.6. The van der Waals surface area contributed by atoms with Gasteiger partial charge in [0.25, 0.3) is 0 Å². The average Bonchev–Trinajstić information content (AvgIpc) is 2.66.